The molecular weight excluding hydrogens is 200 g/mol. The summed E-state index contributed by atoms with van der Waals surface area (Å²) in [4.78, 5) is 11.7. The Morgan fingerprint density at radius 2 is 2.19 bits per heavy atom. The normalized spacial score (nSPS) is 23.9. The molecule has 2 aliphatic carbocycles. The second-order valence-corrected chi connectivity index (χ2v) is 5.60. The summed E-state index contributed by atoms with van der Waals surface area (Å²) >= 11 is 0. The Morgan fingerprint density at radius 1 is 1.50 bits per heavy atom. The van der Waals surface area contributed by atoms with E-state index in [2.05, 4.69) is 12.2 Å². The second-order valence-electron chi connectivity index (χ2n) is 5.60. The Hall–Kier alpha value is -0.570. The molecule has 3 nitrogen and oxygen atoms in total. The van der Waals surface area contributed by atoms with E-state index in [1.165, 1.54) is 25.7 Å². The fourth-order valence-corrected chi connectivity index (χ4v) is 2.53. The monoisotopic (exact) mass is 224 g/mol. The molecule has 3 N–H and O–H groups in total. The maximum Gasteiger partial charge on any atom is 0.236 e. The molecule has 2 rings (SSSR count). The molecule has 0 aromatic carbocycles. The van der Waals surface area contributed by atoms with Gasteiger partial charge in [-0.1, -0.05) is 19.8 Å². The molecule has 0 aromatic heterocycles. The number of nitrogens with two attached hydrogens (primary N) is 1. The number of unbranched alkanes of at least 4 members (excludes halogenated alkanes) is 1. The van der Waals surface area contributed by atoms with Crippen LogP contribution in [0, 0.1) is 11.3 Å². The van der Waals surface area contributed by atoms with Crippen molar-refractivity contribution in [3.05, 3.63) is 0 Å². The Morgan fingerprint density at radius 3 is 2.69 bits per heavy atom. The highest BCUT2D eigenvalue weighted by molar-refractivity contribution is 5.81. The van der Waals surface area contributed by atoms with Gasteiger partial charge in [-0.2, -0.15) is 0 Å². The summed E-state index contributed by atoms with van der Waals surface area (Å²) in [6, 6.07) is -0.296. The van der Waals surface area contributed by atoms with E-state index in [1.807, 2.05) is 0 Å². The van der Waals surface area contributed by atoms with Crippen LogP contribution < -0.4 is 11.1 Å². The second kappa shape index (κ2) is 4.74. The average Bonchev–Trinajstić information content (AvgIpc) is 3.14. The number of carbonyl (C=O) groups is 1. The zero-order valence-corrected chi connectivity index (χ0v) is 10.3. The zero-order chi connectivity index (χ0) is 11.6. The molecular formula is C13H24N2O. The van der Waals surface area contributed by atoms with Crippen LogP contribution in [0.2, 0.25) is 0 Å². The van der Waals surface area contributed by atoms with Gasteiger partial charge in [0.1, 0.15) is 0 Å². The Labute approximate surface area is 98.2 Å². The van der Waals surface area contributed by atoms with Gasteiger partial charge in [-0.05, 0) is 43.4 Å². The van der Waals surface area contributed by atoms with Gasteiger partial charge in [-0.15, -0.1) is 0 Å². The summed E-state index contributed by atoms with van der Waals surface area (Å²) in [7, 11) is 0. The van der Waals surface area contributed by atoms with Gasteiger partial charge in [0.15, 0.2) is 0 Å². The van der Waals surface area contributed by atoms with Crippen LogP contribution in [-0.2, 0) is 4.79 Å². The van der Waals surface area contributed by atoms with E-state index in [0.717, 1.165) is 31.7 Å². The molecule has 0 spiro atoms. The van der Waals surface area contributed by atoms with Crippen molar-refractivity contribution < 1.29 is 4.79 Å². The van der Waals surface area contributed by atoms with Crippen molar-refractivity contribution in [2.45, 2.75) is 57.9 Å². The lowest BCUT2D eigenvalue weighted by atomic mass is 10.0. The van der Waals surface area contributed by atoms with Crippen LogP contribution in [-0.4, -0.2) is 18.5 Å². The van der Waals surface area contributed by atoms with E-state index in [9.17, 15) is 4.79 Å². The lowest BCUT2D eigenvalue weighted by Crippen LogP contribution is -2.43. The van der Waals surface area contributed by atoms with Gasteiger partial charge >= 0.3 is 0 Å². The third kappa shape index (κ3) is 2.76. The molecule has 0 bridgehead atoms. The Balaban J connectivity index is 1.67. The van der Waals surface area contributed by atoms with Gasteiger partial charge in [-0.3, -0.25) is 4.79 Å². The minimum absolute atomic E-state index is 0.0559. The third-order valence-electron chi connectivity index (χ3n) is 4.16. The van der Waals surface area contributed by atoms with Crippen LogP contribution in [0.25, 0.3) is 0 Å². The predicted molar refractivity (Wildman–Crippen MR) is 64.9 cm³/mol. The Bertz CT molecular complexity index is 257. The van der Waals surface area contributed by atoms with Crippen LogP contribution >= 0.6 is 0 Å². The van der Waals surface area contributed by atoms with Crippen molar-refractivity contribution in [3.8, 4) is 0 Å². The third-order valence-corrected chi connectivity index (χ3v) is 4.16. The fourth-order valence-electron chi connectivity index (χ4n) is 2.53. The highest BCUT2D eigenvalue weighted by Crippen LogP contribution is 2.60. The summed E-state index contributed by atoms with van der Waals surface area (Å²) in [6.07, 6.45) is 8.33. The van der Waals surface area contributed by atoms with Crippen molar-refractivity contribution in [3.63, 3.8) is 0 Å². The summed E-state index contributed by atoms with van der Waals surface area (Å²) in [5.74, 6) is 0.958. The van der Waals surface area contributed by atoms with Gasteiger partial charge in [0.2, 0.25) is 5.91 Å². The first-order valence-electron chi connectivity index (χ1n) is 6.71. The molecule has 0 saturated heterocycles. The van der Waals surface area contributed by atoms with Crippen molar-refractivity contribution in [2.24, 2.45) is 17.1 Å². The fraction of sp³-hybridized carbons (Fsp3) is 0.923. The molecule has 2 fully saturated rings. The van der Waals surface area contributed by atoms with Crippen LogP contribution in [0.5, 0.6) is 0 Å². The van der Waals surface area contributed by atoms with E-state index >= 15 is 0 Å². The van der Waals surface area contributed by atoms with E-state index in [4.69, 9.17) is 5.73 Å². The first kappa shape index (κ1) is 11.9. The smallest absolute Gasteiger partial charge is 0.236 e. The number of nitrogens with one attached hydrogen (secondary N) is 1. The number of hydrogen-bond donors (Lipinski definition) is 2. The molecule has 0 aliphatic heterocycles. The number of rotatable bonds is 7. The van der Waals surface area contributed by atoms with Crippen LogP contribution in [0.15, 0.2) is 0 Å². The van der Waals surface area contributed by atoms with E-state index in [-0.39, 0.29) is 11.9 Å². The standard InChI is InChI=1S/C13H24N2O/c1-2-3-4-11(14)12(16)15-9-13(7-8-13)10-5-6-10/h10-11H,2-9,14H2,1H3,(H,15,16). The SMILES string of the molecule is CCCCC(N)C(=O)NCC1(C2CC2)CC1. The average molecular weight is 224 g/mol. The summed E-state index contributed by atoms with van der Waals surface area (Å²) in [5, 5.41) is 3.05. The van der Waals surface area contributed by atoms with Crippen molar-refractivity contribution >= 4 is 5.91 Å². The van der Waals surface area contributed by atoms with Crippen molar-refractivity contribution in [1.29, 1.82) is 0 Å². The molecule has 0 heterocycles. The quantitative estimate of drug-likeness (QED) is 0.693. The Kier molecular flexibility index (Phi) is 3.53. The van der Waals surface area contributed by atoms with Crippen molar-refractivity contribution in [2.75, 3.05) is 6.54 Å². The van der Waals surface area contributed by atoms with E-state index < -0.39 is 0 Å². The molecule has 2 aliphatic rings. The summed E-state index contributed by atoms with van der Waals surface area (Å²) in [6.45, 7) is 2.99. The van der Waals surface area contributed by atoms with E-state index in [1.54, 1.807) is 0 Å². The molecule has 0 aromatic rings. The first-order valence-corrected chi connectivity index (χ1v) is 6.71. The minimum Gasteiger partial charge on any atom is -0.354 e. The summed E-state index contributed by atoms with van der Waals surface area (Å²) in [5.41, 5.74) is 6.32. The van der Waals surface area contributed by atoms with Crippen LogP contribution in [0.1, 0.15) is 51.9 Å². The number of carbonyl (C=O) groups excluding carboxylic acids is 1. The maximum absolute atomic E-state index is 11.7. The lowest BCUT2D eigenvalue weighted by molar-refractivity contribution is -0.122. The van der Waals surface area contributed by atoms with E-state index in [0.29, 0.717) is 5.41 Å². The molecule has 1 unspecified atom stereocenters. The van der Waals surface area contributed by atoms with Gasteiger partial charge in [0.05, 0.1) is 6.04 Å². The van der Waals surface area contributed by atoms with Crippen LogP contribution in [0.4, 0.5) is 0 Å². The molecule has 1 atom stereocenters. The maximum atomic E-state index is 11.7. The van der Waals surface area contributed by atoms with Crippen LogP contribution in [0.3, 0.4) is 0 Å². The molecule has 2 saturated carbocycles. The predicted octanol–water partition coefficient (Wildman–Crippen LogP) is 1.81. The largest absolute Gasteiger partial charge is 0.354 e. The van der Waals surface area contributed by atoms with Gasteiger partial charge in [-0.25, -0.2) is 0 Å². The zero-order valence-electron chi connectivity index (χ0n) is 10.3. The van der Waals surface area contributed by atoms with Crippen molar-refractivity contribution in [1.82, 2.24) is 5.32 Å². The number of amides is 1. The highest BCUT2D eigenvalue weighted by atomic mass is 16.2. The van der Waals surface area contributed by atoms with Gasteiger partial charge < -0.3 is 11.1 Å². The molecule has 3 heteroatoms. The number of hydrogen-bond acceptors (Lipinski definition) is 2. The lowest BCUT2D eigenvalue weighted by Gasteiger charge is -2.17. The highest BCUT2D eigenvalue weighted by Gasteiger charge is 2.53. The minimum atomic E-state index is -0.296. The molecule has 1 amide bonds. The molecule has 92 valence electrons. The summed E-state index contributed by atoms with van der Waals surface area (Å²) < 4.78 is 0. The topological polar surface area (TPSA) is 55.1 Å². The molecule has 0 radical (unpaired) electrons. The van der Waals surface area contributed by atoms with Gasteiger partial charge in [0.25, 0.3) is 0 Å². The first-order chi connectivity index (χ1) is 7.68. The molecule has 16 heavy (non-hydrogen) atoms. The van der Waals surface area contributed by atoms with Gasteiger partial charge in [0, 0.05) is 6.54 Å².